The molecule has 1 aliphatic rings. The van der Waals surface area contributed by atoms with Crippen molar-refractivity contribution in [1.82, 2.24) is 14.9 Å². The van der Waals surface area contributed by atoms with Crippen LogP contribution in [-0.4, -0.2) is 51.0 Å². The van der Waals surface area contributed by atoms with Gasteiger partial charge in [0.05, 0.1) is 24.2 Å². The Morgan fingerprint density at radius 3 is 2.48 bits per heavy atom. The van der Waals surface area contributed by atoms with Crippen LogP contribution in [0.15, 0.2) is 67.0 Å². The largest absolute Gasteiger partial charge is 0.391 e. The molecule has 1 fully saturated rings. The number of amides is 2. The third-order valence-corrected chi connectivity index (χ3v) is 4.78. The van der Waals surface area contributed by atoms with Crippen molar-refractivity contribution in [3.05, 3.63) is 78.2 Å². The molecular formula is C22H20N4O3. The minimum Gasteiger partial charge on any atom is -0.391 e. The van der Waals surface area contributed by atoms with Crippen LogP contribution in [-0.2, 0) is 0 Å². The molecule has 2 amide bonds. The van der Waals surface area contributed by atoms with Gasteiger partial charge in [-0.25, -0.2) is 4.98 Å². The molecule has 0 spiro atoms. The Bertz CT molecular complexity index is 1020. The number of rotatable bonds is 4. The van der Waals surface area contributed by atoms with Crippen molar-refractivity contribution >= 4 is 17.5 Å². The van der Waals surface area contributed by atoms with E-state index < -0.39 is 6.10 Å². The van der Waals surface area contributed by atoms with Gasteiger partial charge in [0.15, 0.2) is 0 Å². The maximum atomic E-state index is 12.5. The standard InChI is InChI=1S/C22H20N4O3/c27-18-10-11-26(14-18)22(29)16-8-6-15(7-9-16)19-12-23-13-20(25-19)21(28)24-17-4-2-1-3-5-17/h1-9,12-13,18,27H,10-11,14H2,(H,24,28). The highest BCUT2D eigenvalue weighted by molar-refractivity contribution is 6.03. The topological polar surface area (TPSA) is 95.4 Å². The van der Waals surface area contributed by atoms with E-state index in [1.165, 1.54) is 6.20 Å². The van der Waals surface area contributed by atoms with Crippen molar-refractivity contribution in [3.8, 4) is 11.3 Å². The van der Waals surface area contributed by atoms with Gasteiger partial charge in [-0.2, -0.15) is 0 Å². The van der Waals surface area contributed by atoms with E-state index in [0.29, 0.717) is 36.5 Å². The summed E-state index contributed by atoms with van der Waals surface area (Å²) >= 11 is 0. The first-order valence-corrected chi connectivity index (χ1v) is 9.36. The Balaban J connectivity index is 1.49. The fourth-order valence-electron chi connectivity index (χ4n) is 3.22. The van der Waals surface area contributed by atoms with E-state index in [-0.39, 0.29) is 17.5 Å². The molecule has 2 aromatic carbocycles. The van der Waals surface area contributed by atoms with Gasteiger partial charge in [0, 0.05) is 29.9 Å². The monoisotopic (exact) mass is 388 g/mol. The second kappa shape index (κ2) is 8.20. The molecule has 1 unspecified atom stereocenters. The summed E-state index contributed by atoms with van der Waals surface area (Å²) in [5, 5.41) is 12.4. The minimum atomic E-state index is -0.446. The van der Waals surface area contributed by atoms with Crippen LogP contribution in [0.5, 0.6) is 0 Å². The van der Waals surface area contributed by atoms with E-state index in [9.17, 15) is 14.7 Å². The molecule has 0 saturated carbocycles. The summed E-state index contributed by atoms with van der Waals surface area (Å²) in [5.41, 5.74) is 2.73. The number of β-amino-alcohol motifs (C(OH)–C–C–N with tert-alkyl or cyclic N) is 1. The van der Waals surface area contributed by atoms with Crippen molar-refractivity contribution in [2.45, 2.75) is 12.5 Å². The van der Waals surface area contributed by atoms with Crippen molar-refractivity contribution in [2.24, 2.45) is 0 Å². The highest BCUT2D eigenvalue weighted by Crippen LogP contribution is 2.20. The minimum absolute atomic E-state index is 0.102. The van der Waals surface area contributed by atoms with E-state index in [4.69, 9.17) is 0 Å². The number of aliphatic hydroxyl groups excluding tert-OH is 1. The number of hydrogen-bond acceptors (Lipinski definition) is 5. The molecule has 0 bridgehead atoms. The third kappa shape index (κ3) is 4.30. The smallest absolute Gasteiger partial charge is 0.275 e. The van der Waals surface area contributed by atoms with E-state index in [0.717, 1.165) is 5.56 Å². The molecule has 146 valence electrons. The second-order valence-corrected chi connectivity index (χ2v) is 6.88. The zero-order valence-corrected chi connectivity index (χ0v) is 15.7. The van der Waals surface area contributed by atoms with Crippen molar-refractivity contribution in [1.29, 1.82) is 0 Å². The van der Waals surface area contributed by atoms with E-state index in [1.54, 1.807) is 47.5 Å². The zero-order chi connectivity index (χ0) is 20.2. The molecular weight excluding hydrogens is 368 g/mol. The number of carbonyl (C=O) groups is 2. The summed E-state index contributed by atoms with van der Waals surface area (Å²) in [6.45, 7) is 0.927. The molecule has 3 aromatic rings. The SMILES string of the molecule is O=C(Nc1ccccc1)c1cncc(-c2ccc(C(=O)N3CCC(O)C3)cc2)n1. The van der Waals surface area contributed by atoms with Gasteiger partial charge in [-0.3, -0.25) is 14.6 Å². The normalized spacial score (nSPS) is 15.9. The van der Waals surface area contributed by atoms with Crippen molar-refractivity contribution in [2.75, 3.05) is 18.4 Å². The van der Waals surface area contributed by atoms with Gasteiger partial charge in [0.25, 0.3) is 11.8 Å². The number of anilines is 1. The van der Waals surface area contributed by atoms with E-state index in [1.807, 2.05) is 18.2 Å². The van der Waals surface area contributed by atoms with Crippen LogP contribution in [0.3, 0.4) is 0 Å². The molecule has 1 aliphatic heterocycles. The molecule has 1 saturated heterocycles. The Labute approximate surface area is 168 Å². The number of aromatic nitrogens is 2. The maximum absolute atomic E-state index is 12.5. The number of para-hydroxylation sites is 1. The van der Waals surface area contributed by atoms with Gasteiger partial charge in [0.2, 0.25) is 0 Å². The number of benzene rings is 2. The van der Waals surface area contributed by atoms with Gasteiger partial charge in [-0.05, 0) is 30.7 Å². The van der Waals surface area contributed by atoms with Gasteiger partial charge in [0.1, 0.15) is 5.69 Å². The number of aliphatic hydroxyl groups is 1. The summed E-state index contributed by atoms with van der Waals surface area (Å²) < 4.78 is 0. The Morgan fingerprint density at radius 1 is 1.03 bits per heavy atom. The van der Waals surface area contributed by atoms with Crippen LogP contribution in [0.4, 0.5) is 5.69 Å². The lowest BCUT2D eigenvalue weighted by molar-refractivity contribution is 0.0765. The number of likely N-dealkylation sites (tertiary alicyclic amines) is 1. The molecule has 1 atom stereocenters. The first kappa shape index (κ1) is 18.8. The van der Waals surface area contributed by atoms with Gasteiger partial charge in [-0.15, -0.1) is 0 Å². The number of carbonyl (C=O) groups excluding carboxylic acids is 2. The van der Waals surface area contributed by atoms with Gasteiger partial charge in [-0.1, -0.05) is 30.3 Å². The fraction of sp³-hybridized carbons (Fsp3) is 0.182. The average molecular weight is 388 g/mol. The summed E-state index contributed by atoms with van der Waals surface area (Å²) in [5.74, 6) is -0.444. The quantitative estimate of drug-likeness (QED) is 0.716. The Kier molecular flexibility index (Phi) is 5.31. The molecule has 2 N–H and O–H groups in total. The number of nitrogens with zero attached hydrogens (tertiary/aromatic N) is 3. The van der Waals surface area contributed by atoms with Gasteiger partial charge >= 0.3 is 0 Å². The Hall–Kier alpha value is -3.58. The molecule has 29 heavy (non-hydrogen) atoms. The lowest BCUT2D eigenvalue weighted by Crippen LogP contribution is -2.29. The zero-order valence-electron chi connectivity index (χ0n) is 15.7. The average Bonchev–Trinajstić information content (AvgIpc) is 3.20. The lowest BCUT2D eigenvalue weighted by atomic mass is 10.1. The highest BCUT2D eigenvalue weighted by atomic mass is 16.3. The van der Waals surface area contributed by atoms with Gasteiger partial charge < -0.3 is 15.3 Å². The van der Waals surface area contributed by atoms with Crippen LogP contribution in [0.1, 0.15) is 27.3 Å². The van der Waals surface area contributed by atoms with Crippen molar-refractivity contribution in [3.63, 3.8) is 0 Å². The molecule has 2 heterocycles. The highest BCUT2D eigenvalue weighted by Gasteiger charge is 2.25. The summed E-state index contributed by atoms with van der Waals surface area (Å²) in [6, 6.07) is 16.1. The third-order valence-electron chi connectivity index (χ3n) is 4.78. The predicted octanol–water partition coefficient (Wildman–Crippen LogP) is 2.60. The second-order valence-electron chi connectivity index (χ2n) is 6.88. The van der Waals surface area contributed by atoms with Crippen LogP contribution < -0.4 is 5.32 Å². The molecule has 0 radical (unpaired) electrons. The molecule has 1 aromatic heterocycles. The summed E-state index contributed by atoms with van der Waals surface area (Å²) in [4.78, 5) is 35.1. The molecule has 0 aliphatic carbocycles. The first-order chi connectivity index (χ1) is 14.1. The maximum Gasteiger partial charge on any atom is 0.275 e. The van der Waals surface area contributed by atoms with Crippen LogP contribution >= 0.6 is 0 Å². The van der Waals surface area contributed by atoms with Crippen LogP contribution in [0, 0.1) is 0 Å². The van der Waals surface area contributed by atoms with Crippen LogP contribution in [0.25, 0.3) is 11.3 Å². The molecule has 7 heteroatoms. The van der Waals surface area contributed by atoms with Crippen molar-refractivity contribution < 1.29 is 14.7 Å². The molecule has 7 nitrogen and oxygen atoms in total. The van der Waals surface area contributed by atoms with E-state index in [2.05, 4.69) is 15.3 Å². The number of nitrogens with one attached hydrogen (secondary N) is 1. The fourth-order valence-corrected chi connectivity index (χ4v) is 3.22. The summed E-state index contributed by atoms with van der Waals surface area (Å²) in [6.07, 6.45) is 3.15. The molecule has 4 rings (SSSR count). The van der Waals surface area contributed by atoms with Crippen LogP contribution in [0.2, 0.25) is 0 Å². The number of hydrogen-bond donors (Lipinski definition) is 2. The predicted molar refractivity (Wildman–Crippen MR) is 108 cm³/mol. The summed E-state index contributed by atoms with van der Waals surface area (Å²) in [7, 11) is 0. The lowest BCUT2D eigenvalue weighted by Gasteiger charge is -2.15. The first-order valence-electron chi connectivity index (χ1n) is 9.36. The van der Waals surface area contributed by atoms with E-state index >= 15 is 0 Å². The Morgan fingerprint density at radius 2 is 1.79 bits per heavy atom.